The second-order valence-electron chi connectivity index (χ2n) is 6.46. The van der Waals surface area contributed by atoms with E-state index in [1.807, 2.05) is 4.90 Å². The Labute approximate surface area is 157 Å². The highest BCUT2D eigenvalue weighted by molar-refractivity contribution is 5.76. The van der Waals surface area contributed by atoms with Crippen molar-refractivity contribution in [3.05, 3.63) is 34.2 Å². The van der Waals surface area contributed by atoms with Gasteiger partial charge in [0.2, 0.25) is 5.91 Å². The number of carbonyl (C=O) groups excluding carboxylic acids is 1. The smallest absolute Gasteiger partial charge is 0.273 e. The molecule has 2 heterocycles. The van der Waals surface area contributed by atoms with Crippen LogP contribution in [0.3, 0.4) is 0 Å². The third kappa shape index (κ3) is 4.45. The predicted octanol–water partition coefficient (Wildman–Crippen LogP) is 1.79. The van der Waals surface area contributed by atoms with E-state index < -0.39 is 0 Å². The second kappa shape index (κ2) is 8.66. The number of methoxy groups -OCH3 is 2. The van der Waals surface area contributed by atoms with E-state index in [1.165, 1.54) is 6.42 Å². The largest absolute Gasteiger partial charge is 0.493 e. The van der Waals surface area contributed by atoms with Crippen molar-refractivity contribution in [2.45, 2.75) is 32.1 Å². The maximum absolute atomic E-state index is 12.3. The molecule has 1 fully saturated rings. The van der Waals surface area contributed by atoms with Gasteiger partial charge in [-0.15, -0.1) is 10.2 Å². The molecule has 0 unspecified atom stereocenters. The summed E-state index contributed by atoms with van der Waals surface area (Å²) in [6.07, 6.45) is 3.82. The number of amides is 1. The Hall–Kier alpha value is -2.90. The van der Waals surface area contributed by atoms with E-state index in [0.717, 1.165) is 25.9 Å². The van der Waals surface area contributed by atoms with E-state index in [9.17, 15) is 9.59 Å². The van der Waals surface area contributed by atoms with Crippen molar-refractivity contribution in [3.8, 4) is 22.9 Å². The fourth-order valence-electron chi connectivity index (χ4n) is 3.16. The minimum atomic E-state index is -0.332. The number of ether oxygens (including phenoxy) is 2. The third-order valence-corrected chi connectivity index (χ3v) is 4.71. The molecule has 1 aliphatic heterocycles. The zero-order valence-corrected chi connectivity index (χ0v) is 15.7. The first kappa shape index (κ1) is 18.9. The molecule has 1 saturated heterocycles. The van der Waals surface area contributed by atoms with Gasteiger partial charge in [-0.2, -0.15) is 0 Å². The maximum atomic E-state index is 12.3. The van der Waals surface area contributed by atoms with Crippen LogP contribution in [0, 0.1) is 0 Å². The molecule has 1 aromatic heterocycles. The van der Waals surface area contributed by atoms with E-state index in [4.69, 9.17) is 9.47 Å². The quantitative estimate of drug-likeness (QED) is 0.830. The van der Waals surface area contributed by atoms with Gasteiger partial charge in [0.05, 0.1) is 14.2 Å². The SMILES string of the molecule is COc1ccc(-c2nnc(CCC(=O)N3CCCCC3)c(=O)[nH]2)cc1OC. The topological polar surface area (TPSA) is 97.4 Å². The van der Waals surface area contributed by atoms with Crippen molar-refractivity contribution in [2.24, 2.45) is 0 Å². The zero-order chi connectivity index (χ0) is 19.2. The van der Waals surface area contributed by atoms with Crippen LogP contribution in [-0.4, -0.2) is 53.3 Å². The zero-order valence-electron chi connectivity index (χ0n) is 15.7. The first-order valence-corrected chi connectivity index (χ1v) is 9.08. The van der Waals surface area contributed by atoms with Gasteiger partial charge in [-0.3, -0.25) is 9.59 Å². The standard InChI is InChI=1S/C19H24N4O4/c1-26-15-8-6-13(12-16(15)27-2)18-20-19(25)14(21-22-18)7-9-17(24)23-10-4-3-5-11-23/h6,8,12H,3-5,7,9-11H2,1-2H3,(H,20,22,25). The summed E-state index contributed by atoms with van der Waals surface area (Å²) in [5.74, 6) is 1.53. The molecule has 8 nitrogen and oxygen atoms in total. The molecule has 1 aromatic carbocycles. The van der Waals surface area contributed by atoms with Gasteiger partial charge in [-0.25, -0.2) is 0 Å². The van der Waals surface area contributed by atoms with Crippen LogP contribution in [0.5, 0.6) is 11.5 Å². The number of nitrogens with one attached hydrogen (secondary N) is 1. The summed E-state index contributed by atoms with van der Waals surface area (Å²) in [4.78, 5) is 29.2. The lowest BCUT2D eigenvalue weighted by atomic mass is 10.1. The number of rotatable bonds is 6. The van der Waals surface area contributed by atoms with Crippen molar-refractivity contribution in [2.75, 3.05) is 27.3 Å². The number of hydrogen-bond donors (Lipinski definition) is 1. The first-order chi connectivity index (χ1) is 13.1. The van der Waals surface area contributed by atoms with Gasteiger partial charge in [0.25, 0.3) is 5.56 Å². The Balaban J connectivity index is 1.70. The van der Waals surface area contributed by atoms with Gasteiger partial charge in [-0.05, 0) is 37.5 Å². The Kier molecular flexibility index (Phi) is 6.05. The summed E-state index contributed by atoms with van der Waals surface area (Å²) in [6.45, 7) is 1.61. The molecule has 144 valence electrons. The molecule has 0 aliphatic carbocycles. The van der Waals surface area contributed by atoms with Gasteiger partial charge >= 0.3 is 0 Å². The van der Waals surface area contributed by atoms with E-state index in [2.05, 4.69) is 15.2 Å². The van der Waals surface area contributed by atoms with E-state index >= 15 is 0 Å². The van der Waals surface area contributed by atoms with Crippen LogP contribution in [0.15, 0.2) is 23.0 Å². The summed E-state index contributed by atoms with van der Waals surface area (Å²) >= 11 is 0. The van der Waals surface area contributed by atoms with Crippen LogP contribution in [0.1, 0.15) is 31.4 Å². The molecule has 3 rings (SSSR count). The average molecular weight is 372 g/mol. The van der Waals surface area contributed by atoms with Crippen molar-refractivity contribution in [3.63, 3.8) is 0 Å². The van der Waals surface area contributed by atoms with Crippen LogP contribution in [0.25, 0.3) is 11.4 Å². The summed E-state index contributed by atoms with van der Waals surface area (Å²) in [7, 11) is 3.09. The fourth-order valence-corrected chi connectivity index (χ4v) is 3.16. The number of piperidine rings is 1. The third-order valence-electron chi connectivity index (χ3n) is 4.71. The Bertz CT molecular complexity index is 859. The molecule has 0 spiro atoms. The van der Waals surface area contributed by atoms with Gasteiger partial charge < -0.3 is 19.4 Å². The number of hydrogen-bond acceptors (Lipinski definition) is 6. The number of aromatic amines is 1. The number of nitrogens with zero attached hydrogens (tertiary/aromatic N) is 3. The van der Waals surface area contributed by atoms with E-state index in [0.29, 0.717) is 22.9 Å². The number of aryl methyl sites for hydroxylation is 1. The molecule has 2 aromatic rings. The second-order valence-corrected chi connectivity index (χ2v) is 6.46. The number of aromatic nitrogens is 3. The van der Waals surface area contributed by atoms with Crippen molar-refractivity contribution in [1.82, 2.24) is 20.1 Å². The van der Waals surface area contributed by atoms with Crippen molar-refractivity contribution in [1.29, 1.82) is 0 Å². The number of H-pyrrole nitrogens is 1. The minimum absolute atomic E-state index is 0.0693. The molecule has 1 aliphatic rings. The monoisotopic (exact) mass is 372 g/mol. The molecule has 0 atom stereocenters. The Morgan fingerprint density at radius 2 is 1.85 bits per heavy atom. The molecule has 0 saturated carbocycles. The molecule has 1 amide bonds. The molecule has 1 N–H and O–H groups in total. The van der Waals surface area contributed by atoms with Gasteiger partial charge in [0, 0.05) is 31.5 Å². The highest BCUT2D eigenvalue weighted by Crippen LogP contribution is 2.30. The van der Waals surface area contributed by atoms with E-state index in [1.54, 1.807) is 32.4 Å². The number of carbonyl (C=O) groups is 1. The van der Waals surface area contributed by atoms with Crippen LogP contribution in [0.2, 0.25) is 0 Å². The van der Waals surface area contributed by atoms with Crippen molar-refractivity contribution < 1.29 is 14.3 Å². The lowest BCUT2D eigenvalue weighted by Crippen LogP contribution is -2.36. The minimum Gasteiger partial charge on any atom is -0.493 e. The normalized spacial score (nSPS) is 14.1. The fraction of sp³-hybridized carbons (Fsp3) is 0.474. The summed E-state index contributed by atoms with van der Waals surface area (Å²) in [6, 6.07) is 5.22. The van der Waals surface area contributed by atoms with Gasteiger partial charge in [-0.1, -0.05) is 0 Å². The highest BCUT2D eigenvalue weighted by Gasteiger charge is 2.17. The van der Waals surface area contributed by atoms with Crippen LogP contribution in [-0.2, 0) is 11.2 Å². The summed E-state index contributed by atoms with van der Waals surface area (Å²) in [5, 5.41) is 8.14. The lowest BCUT2D eigenvalue weighted by Gasteiger charge is -2.26. The molecule has 8 heteroatoms. The molecule has 0 radical (unpaired) electrons. The van der Waals surface area contributed by atoms with E-state index in [-0.39, 0.29) is 30.0 Å². The predicted molar refractivity (Wildman–Crippen MR) is 99.9 cm³/mol. The Morgan fingerprint density at radius 1 is 1.11 bits per heavy atom. The molecule has 0 bridgehead atoms. The van der Waals surface area contributed by atoms with Gasteiger partial charge in [0.15, 0.2) is 17.3 Å². The average Bonchev–Trinajstić information content (AvgIpc) is 2.72. The summed E-state index contributed by atoms with van der Waals surface area (Å²) in [5.41, 5.74) is 0.596. The van der Waals surface area contributed by atoms with Crippen LogP contribution in [0.4, 0.5) is 0 Å². The van der Waals surface area contributed by atoms with Gasteiger partial charge in [0.1, 0.15) is 5.69 Å². The van der Waals surface area contributed by atoms with Crippen LogP contribution >= 0.6 is 0 Å². The maximum Gasteiger partial charge on any atom is 0.273 e. The number of benzene rings is 1. The summed E-state index contributed by atoms with van der Waals surface area (Å²) < 4.78 is 10.5. The van der Waals surface area contributed by atoms with Crippen LogP contribution < -0.4 is 15.0 Å². The lowest BCUT2D eigenvalue weighted by molar-refractivity contribution is -0.132. The molecular formula is C19H24N4O4. The molecule has 27 heavy (non-hydrogen) atoms. The first-order valence-electron chi connectivity index (χ1n) is 9.08. The highest BCUT2D eigenvalue weighted by atomic mass is 16.5. The Morgan fingerprint density at radius 3 is 2.52 bits per heavy atom. The molecular weight excluding hydrogens is 348 g/mol. The van der Waals surface area contributed by atoms with Crippen molar-refractivity contribution >= 4 is 5.91 Å². The number of likely N-dealkylation sites (tertiary alicyclic amines) is 1.